The standard InChI is InChI=1S/C17H16ClN7O3/c18-15-12(25-24-10-3-1-2-8(4-10)6-19)16(23-17(20)22-15)21-11-5-9(7-26)13(27)14(11)28/h1-4,9,11,13,26-27H,5,7H2,(H3,20,21,22,23). The maximum atomic E-state index is 12.2. The van der Waals surface area contributed by atoms with Crippen LogP contribution in [0.25, 0.3) is 0 Å². The fourth-order valence-electron chi connectivity index (χ4n) is 2.83. The second kappa shape index (κ2) is 8.26. The van der Waals surface area contributed by atoms with Gasteiger partial charge in [-0.1, -0.05) is 17.7 Å². The van der Waals surface area contributed by atoms with E-state index in [1.165, 1.54) is 6.07 Å². The van der Waals surface area contributed by atoms with Gasteiger partial charge in [-0.05, 0) is 24.6 Å². The Labute approximate surface area is 164 Å². The third-order valence-corrected chi connectivity index (χ3v) is 4.53. The number of hydrogen-bond donors (Lipinski definition) is 4. The molecule has 1 aromatic carbocycles. The van der Waals surface area contributed by atoms with Crippen molar-refractivity contribution in [1.29, 1.82) is 5.26 Å². The van der Waals surface area contributed by atoms with Gasteiger partial charge in [0.15, 0.2) is 22.4 Å². The van der Waals surface area contributed by atoms with Crippen LogP contribution in [0.1, 0.15) is 12.0 Å². The smallest absolute Gasteiger partial charge is 0.223 e. The first-order chi connectivity index (χ1) is 13.4. The van der Waals surface area contributed by atoms with Gasteiger partial charge in [0.2, 0.25) is 5.95 Å². The van der Waals surface area contributed by atoms with Crippen LogP contribution in [-0.2, 0) is 4.79 Å². The van der Waals surface area contributed by atoms with Crippen molar-refractivity contribution in [3.05, 3.63) is 35.0 Å². The molecule has 1 aliphatic rings. The Balaban J connectivity index is 1.91. The lowest BCUT2D eigenvalue weighted by molar-refractivity contribution is -0.126. The Hall–Kier alpha value is -3.13. The lowest BCUT2D eigenvalue weighted by Crippen LogP contribution is -2.30. The summed E-state index contributed by atoms with van der Waals surface area (Å²) in [4.78, 5) is 20.0. The number of nitrogens with two attached hydrogens (primary N) is 1. The zero-order valence-corrected chi connectivity index (χ0v) is 15.2. The molecule has 10 nitrogen and oxygen atoms in total. The highest BCUT2D eigenvalue weighted by atomic mass is 35.5. The normalized spacial score (nSPS) is 21.8. The molecule has 1 aliphatic carbocycles. The van der Waals surface area contributed by atoms with Crippen LogP contribution in [0.2, 0.25) is 5.15 Å². The minimum atomic E-state index is -1.27. The molecule has 3 atom stereocenters. The van der Waals surface area contributed by atoms with Gasteiger partial charge >= 0.3 is 0 Å². The maximum absolute atomic E-state index is 12.2. The number of benzene rings is 1. The molecule has 0 radical (unpaired) electrons. The molecule has 2 aromatic rings. The van der Waals surface area contributed by atoms with Gasteiger partial charge in [0.05, 0.1) is 23.4 Å². The summed E-state index contributed by atoms with van der Waals surface area (Å²) in [6.45, 7) is -0.320. The highest BCUT2D eigenvalue weighted by molar-refractivity contribution is 6.32. The minimum absolute atomic E-state index is 0.0490. The largest absolute Gasteiger partial charge is 0.396 e. The zero-order chi connectivity index (χ0) is 20.3. The molecule has 0 amide bonds. The summed E-state index contributed by atoms with van der Waals surface area (Å²) < 4.78 is 0. The van der Waals surface area contributed by atoms with Crippen molar-refractivity contribution >= 4 is 40.5 Å². The predicted molar refractivity (Wildman–Crippen MR) is 100 cm³/mol. The lowest BCUT2D eigenvalue weighted by atomic mass is 10.1. The molecule has 28 heavy (non-hydrogen) atoms. The van der Waals surface area contributed by atoms with Gasteiger partial charge in [-0.15, -0.1) is 5.11 Å². The SMILES string of the molecule is N#Cc1cccc(N=Nc2c(Cl)nc(N)nc2NC2CC(CO)C(O)C2=O)c1. The number of anilines is 2. The van der Waals surface area contributed by atoms with E-state index in [0.717, 1.165) is 0 Å². The third kappa shape index (κ3) is 4.07. The molecule has 1 saturated carbocycles. The molecule has 11 heteroatoms. The molecule has 1 aromatic heterocycles. The van der Waals surface area contributed by atoms with E-state index in [9.17, 15) is 15.0 Å². The van der Waals surface area contributed by atoms with Crippen LogP contribution in [0.3, 0.4) is 0 Å². The predicted octanol–water partition coefficient (Wildman–Crippen LogP) is 1.72. The number of rotatable bonds is 5. The first-order valence-corrected chi connectivity index (χ1v) is 8.64. The van der Waals surface area contributed by atoms with Crippen LogP contribution in [-0.4, -0.2) is 44.7 Å². The summed E-state index contributed by atoms with van der Waals surface area (Å²) >= 11 is 6.11. The molecule has 0 aliphatic heterocycles. The Bertz CT molecular complexity index is 976. The average molecular weight is 402 g/mol. The Morgan fingerprint density at radius 3 is 2.86 bits per heavy atom. The first kappa shape index (κ1) is 19.6. The number of nitriles is 1. The number of nitrogens with one attached hydrogen (secondary N) is 1. The monoisotopic (exact) mass is 401 g/mol. The number of azo groups is 1. The number of nitrogen functional groups attached to an aromatic ring is 1. The molecule has 3 unspecified atom stereocenters. The summed E-state index contributed by atoms with van der Waals surface area (Å²) in [5.74, 6) is -1.11. The van der Waals surface area contributed by atoms with E-state index < -0.39 is 23.8 Å². The van der Waals surface area contributed by atoms with E-state index in [1.54, 1.807) is 18.2 Å². The molecule has 1 heterocycles. The Kier molecular flexibility index (Phi) is 5.79. The number of aliphatic hydroxyl groups is 2. The van der Waals surface area contributed by atoms with Gasteiger partial charge in [-0.3, -0.25) is 4.79 Å². The number of carbonyl (C=O) groups is 1. The van der Waals surface area contributed by atoms with Gasteiger partial charge in [0, 0.05) is 12.5 Å². The molecule has 0 spiro atoms. The van der Waals surface area contributed by atoms with Crippen molar-refractivity contribution < 1.29 is 15.0 Å². The number of ketones is 1. The molecular formula is C17H16ClN7O3. The number of Topliss-reactive ketones (excluding diaryl/α,β-unsaturated/α-hetero) is 1. The maximum Gasteiger partial charge on any atom is 0.223 e. The summed E-state index contributed by atoms with van der Waals surface area (Å²) in [5, 5.41) is 38.9. The van der Waals surface area contributed by atoms with E-state index in [4.69, 9.17) is 22.6 Å². The zero-order valence-electron chi connectivity index (χ0n) is 14.4. The van der Waals surface area contributed by atoms with E-state index in [0.29, 0.717) is 11.3 Å². The van der Waals surface area contributed by atoms with Crippen molar-refractivity contribution in [2.24, 2.45) is 16.1 Å². The van der Waals surface area contributed by atoms with Crippen LogP contribution >= 0.6 is 11.6 Å². The Morgan fingerprint density at radius 1 is 1.39 bits per heavy atom. The van der Waals surface area contributed by atoms with Crippen molar-refractivity contribution in [3.8, 4) is 6.07 Å². The summed E-state index contributed by atoms with van der Waals surface area (Å²) in [5.41, 5.74) is 6.50. The molecule has 5 N–H and O–H groups in total. The molecule has 144 valence electrons. The fourth-order valence-corrected chi connectivity index (χ4v) is 3.05. The molecule has 0 bridgehead atoms. The van der Waals surface area contributed by atoms with Gasteiger partial charge in [-0.25, -0.2) is 0 Å². The highest BCUT2D eigenvalue weighted by Gasteiger charge is 2.41. The molecular weight excluding hydrogens is 386 g/mol. The summed E-state index contributed by atoms with van der Waals surface area (Å²) in [6, 6.07) is 7.66. The quantitative estimate of drug-likeness (QED) is 0.433. The van der Waals surface area contributed by atoms with Gasteiger partial charge in [0.1, 0.15) is 6.10 Å². The minimum Gasteiger partial charge on any atom is -0.396 e. The topological polar surface area (TPSA) is 170 Å². The summed E-state index contributed by atoms with van der Waals surface area (Å²) in [7, 11) is 0. The third-order valence-electron chi connectivity index (χ3n) is 4.26. The number of halogens is 1. The molecule has 3 rings (SSSR count). The van der Waals surface area contributed by atoms with Gasteiger partial charge in [-0.2, -0.15) is 20.3 Å². The van der Waals surface area contributed by atoms with Gasteiger partial charge in [0.25, 0.3) is 0 Å². The van der Waals surface area contributed by atoms with Crippen LogP contribution in [0.4, 0.5) is 23.1 Å². The molecule has 0 saturated heterocycles. The lowest BCUT2D eigenvalue weighted by Gasteiger charge is -2.14. The number of carbonyl (C=O) groups excluding carboxylic acids is 1. The van der Waals surface area contributed by atoms with Crippen molar-refractivity contribution in [2.45, 2.75) is 18.6 Å². The first-order valence-electron chi connectivity index (χ1n) is 8.27. The van der Waals surface area contributed by atoms with Crippen molar-refractivity contribution in [1.82, 2.24) is 9.97 Å². The van der Waals surface area contributed by atoms with Crippen LogP contribution in [0.15, 0.2) is 34.5 Å². The summed E-state index contributed by atoms with van der Waals surface area (Å²) in [6.07, 6.45) is -1.06. The van der Waals surface area contributed by atoms with E-state index in [1.807, 2.05) is 6.07 Å². The Morgan fingerprint density at radius 2 is 2.18 bits per heavy atom. The second-order valence-electron chi connectivity index (χ2n) is 6.15. The van der Waals surface area contributed by atoms with Crippen molar-refractivity contribution in [3.63, 3.8) is 0 Å². The highest BCUT2D eigenvalue weighted by Crippen LogP contribution is 2.35. The number of nitrogens with zero attached hydrogens (tertiary/aromatic N) is 5. The van der Waals surface area contributed by atoms with E-state index in [2.05, 4.69) is 25.5 Å². The number of hydrogen-bond acceptors (Lipinski definition) is 10. The van der Waals surface area contributed by atoms with Crippen LogP contribution in [0.5, 0.6) is 0 Å². The van der Waals surface area contributed by atoms with Crippen molar-refractivity contribution in [2.75, 3.05) is 17.7 Å². The van der Waals surface area contributed by atoms with E-state index in [-0.39, 0.29) is 35.6 Å². The van der Waals surface area contributed by atoms with E-state index >= 15 is 0 Å². The number of aromatic nitrogens is 2. The van der Waals surface area contributed by atoms with Crippen LogP contribution in [0, 0.1) is 17.2 Å². The van der Waals surface area contributed by atoms with Gasteiger partial charge < -0.3 is 21.3 Å². The fraction of sp³-hybridized carbons (Fsp3) is 0.294. The molecule has 1 fully saturated rings. The number of aliphatic hydroxyl groups excluding tert-OH is 2. The average Bonchev–Trinajstić information content (AvgIpc) is 2.95. The van der Waals surface area contributed by atoms with Crippen LogP contribution < -0.4 is 11.1 Å². The second-order valence-corrected chi connectivity index (χ2v) is 6.51.